The van der Waals surface area contributed by atoms with Crippen LogP contribution in [0.25, 0.3) is 0 Å². The van der Waals surface area contributed by atoms with Crippen molar-refractivity contribution < 1.29 is 24.2 Å². The summed E-state index contributed by atoms with van der Waals surface area (Å²) < 4.78 is 12.9. The standard InChI is InChI=1S/C35H46N6O5/c1-5-45-21-22-46-32-25-41(35(44)36-3)16-6-7-30(23-26(32)2)39(4)31-12-15-37-33(24-31)38-34(43)29-10-8-27(9-11-29)28-13-17-40(18-14-28)19-20-42/h6-12,15-16,23-25,28,42H,5,13-14,17-22H2,1-4H3,(H,36,44)(H,37,38,43). The summed E-state index contributed by atoms with van der Waals surface area (Å²) >= 11 is 0. The summed E-state index contributed by atoms with van der Waals surface area (Å²) in [4.78, 5) is 34.3. The first kappa shape index (κ1) is 34.4. The Kier molecular flexibility index (Phi) is 12.9. The molecule has 11 nitrogen and oxygen atoms in total. The number of rotatable bonds is 12. The molecule has 2 amide bonds. The normalized spacial score (nSPS) is 13.5. The average molecular weight is 631 g/mol. The molecule has 0 unspecified atom stereocenters. The molecule has 1 saturated heterocycles. The van der Waals surface area contributed by atoms with E-state index in [-0.39, 0.29) is 18.5 Å². The van der Waals surface area contributed by atoms with Gasteiger partial charge in [-0.05, 0) is 93.2 Å². The van der Waals surface area contributed by atoms with Gasteiger partial charge in [0.05, 0.1) is 19.4 Å². The lowest BCUT2D eigenvalue weighted by Gasteiger charge is -2.31. The number of nitrogens with one attached hydrogen (secondary N) is 2. The number of aliphatic hydroxyl groups excluding tert-OH is 1. The summed E-state index contributed by atoms with van der Waals surface area (Å²) in [6, 6.07) is 16.9. The number of hydrogen-bond acceptors (Lipinski definition) is 8. The molecule has 0 bridgehead atoms. The lowest BCUT2D eigenvalue weighted by molar-refractivity contribution is 0.102. The van der Waals surface area contributed by atoms with Gasteiger partial charge in [-0.2, -0.15) is 0 Å². The van der Waals surface area contributed by atoms with E-state index in [1.165, 1.54) is 10.1 Å². The Hall–Kier alpha value is -4.45. The molecule has 0 saturated carbocycles. The van der Waals surface area contributed by atoms with Gasteiger partial charge in [0.1, 0.15) is 18.2 Å². The molecule has 4 rings (SSSR count). The van der Waals surface area contributed by atoms with Crippen LogP contribution in [-0.2, 0) is 4.74 Å². The van der Waals surface area contributed by atoms with Gasteiger partial charge in [0.25, 0.3) is 5.91 Å². The van der Waals surface area contributed by atoms with E-state index in [1.807, 2.05) is 74.3 Å². The molecule has 1 aromatic carbocycles. The average Bonchev–Trinajstić information content (AvgIpc) is 3.15. The van der Waals surface area contributed by atoms with Crippen LogP contribution in [0.1, 0.15) is 47.2 Å². The van der Waals surface area contributed by atoms with E-state index in [4.69, 9.17) is 9.47 Å². The largest absolute Gasteiger partial charge is 0.489 e. The number of carbonyl (C=O) groups excluding carboxylic acids is 2. The van der Waals surface area contributed by atoms with E-state index in [0.29, 0.717) is 42.9 Å². The lowest BCUT2D eigenvalue weighted by Crippen LogP contribution is -2.34. The van der Waals surface area contributed by atoms with Gasteiger partial charge in [0.15, 0.2) is 0 Å². The van der Waals surface area contributed by atoms with Crippen molar-refractivity contribution in [1.82, 2.24) is 19.8 Å². The van der Waals surface area contributed by atoms with E-state index in [2.05, 4.69) is 20.5 Å². The molecule has 3 aromatic rings. The number of aliphatic hydroxyl groups is 1. The first-order chi connectivity index (χ1) is 22.3. The molecular formula is C35H46N6O5. The summed E-state index contributed by atoms with van der Waals surface area (Å²) in [7, 11) is 3.50. The van der Waals surface area contributed by atoms with Gasteiger partial charge >= 0.3 is 6.03 Å². The third kappa shape index (κ3) is 9.53. The number of benzene rings is 1. The Morgan fingerprint density at radius 2 is 1.80 bits per heavy atom. The minimum absolute atomic E-state index is 0.192. The zero-order valence-electron chi connectivity index (χ0n) is 27.2. The molecule has 1 aliphatic rings. The van der Waals surface area contributed by atoms with Crippen molar-refractivity contribution >= 4 is 29.1 Å². The van der Waals surface area contributed by atoms with Crippen molar-refractivity contribution in [2.75, 3.05) is 70.4 Å². The Labute approximate surface area is 271 Å². The molecule has 11 heteroatoms. The molecule has 0 aliphatic carbocycles. The van der Waals surface area contributed by atoms with Gasteiger partial charge in [0, 0.05) is 62.6 Å². The van der Waals surface area contributed by atoms with Crippen LogP contribution < -0.4 is 20.3 Å². The number of anilines is 3. The number of ether oxygens (including phenoxy) is 2. The number of aryl methyl sites for hydroxylation is 1. The first-order valence-electron chi connectivity index (χ1n) is 15.8. The van der Waals surface area contributed by atoms with Crippen molar-refractivity contribution in [3.63, 3.8) is 0 Å². The maximum Gasteiger partial charge on any atom is 0.325 e. The number of likely N-dealkylation sites (tertiary alicyclic amines) is 1. The molecule has 1 fully saturated rings. The number of aromatic nitrogens is 2. The first-order valence-corrected chi connectivity index (χ1v) is 15.8. The molecule has 3 N–H and O–H groups in total. The van der Waals surface area contributed by atoms with Gasteiger partial charge in [0.2, 0.25) is 0 Å². The minimum atomic E-state index is -0.302. The van der Waals surface area contributed by atoms with Crippen LogP contribution in [0.4, 0.5) is 22.0 Å². The highest BCUT2D eigenvalue weighted by molar-refractivity contribution is 6.04. The van der Waals surface area contributed by atoms with E-state index in [1.54, 1.807) is 31.7 Å². The predicted octanol–water partition coefficient (Wildman–Crippen LogP) is 5.11. The van der Waals surface area contributed by atoms with E-state index in [9.17, 15) is 14.7 Å². The number of hydrogen-bond donors (Lipinski definition) is 3. The fraction of sp³-hybridized carbons (Fsp3) is 0.400. The van der Waals surface area contributed by atoms with E-state index < -0.39 is 0 Å². The maximum atomic E-state index is 13.1. The molecule has 0 spiro atoms. The molecule has 246 valence electrons. The third-order valence-electron chi connectivity index (χ3n) is 8.07. The lowest BCUT2D eigenvalue weighted by atomic mass is 9.89. The smallest absolute Gasteiger partial charge is 0.325 e. The van der Waals surface area contributed by atoms with Gasteiger partial charge in [-0.3, -0.25) is 9.36 Å². The Bertz CT molecular complexity index is 1500. The summed E-state index contributed by atoms with van der Waals surface area (Å²) in [5.74, 6) is 1.20. The van der Waals surface area contributed by atoms with Crippen molar-refractivity contribution in [2.45, 2.75) is 32.6 Å². The second-order valence-corrected chi connectivity index (χ2v) is 11.1. The van der Waals surface area contributed by atoms with Gasteiger partial charge in [-0.1, -0.05) is 12.1 Å². The number of β-amino-alcohol motifs (C(OH)–C–C–N with tert-alkyl or cyclic N) is 1. The highest BCUT2D eigenvalue weighted by Crippen LogP contribution is 2.29. The Morgan fingerprint density at radius 3 is 2.50 bits per heavy atom. The van der Waals surface area contributed by atoms with Crippen molar-refractivity contribution in [3.8, 4) is 5.75 Å². The molecule has 46 heavy (non-hydrogen) atoms. The monoisotopic (exact) mass is 630 g/mol. The Balaban J connectivity index is 1.50. The zero-order chi connectivity index (χ0) is 32.9. The maximum absolute atomic E-state index is 13.1. The summed E-state index contributed by atoms with van der Waals surface area (Å²) in [5.41, 5.74) is 4.25. The predicted molar refractivity (Wildman–Crippen MR) is 181 cm³/mol. The van der Waals surface area contributed by atoms with E-state index in [0.717, 1.165) is 49.4 Å². The quantitative estimate of drug-likeness (QED) is 0.236. The fourth-order valence-corrected chi connectivity index (χ4v) is 5.39. The van der Waals surface area contributed by atoms with Crippen LogP contribution in [0.15, 0.2) is 73.2 Å². The van der Waals surface area contributed by atoms with Gasteiger partial charge in [-0.25, -0.2) is 9.78 Å². The summed E-state index contributed by atoms with van der Waals surface area (Å²) in [6.45, 7) is 8.07. The zero-order valence-corrected chi connectivity index (χ0v) is 27.2. The molecule has 2 aromatic heterocycles. The van der Waals surface area contributed by atoms with Crippen molar-refractivity contribution in [1.29, 1.82) is 0 Å². The van der Waals surface area contributed by atoms with Crippen LogP contribution in [0.2, 0.25) is 0 Å². The van der Waals surface area contributed by atoms with Crippen LogP contribution in [-0.4, -0.2) is 91.7 Å². The summed E-state index contributed by atoms with van der Waals surface area (Å²) in [6.07, 6.45) is 7.06. The second kappa shape index (κ2) is 17.3. The third-order valence-corrected chi connectivity index (χ3v) is 8.07. The summed E-state index contributed by atoms with van der Waals surface area (Å²) in [5, 5.41) is 14.8. The number of nitrogens with zero attached hydrogens (tertiary/aromatic N) is 4. The number of piperidine rings is 1. The minimum Gasteiger partial charge on any atom is -0.489 e. The molecule has 1 aliphatic heterocycles. The van der Waals surface area contributed by atoms with Crippen molar-refractivity contribution in [2.24, 2.45) is 0 Å². The van der Waals surface area contributed by atoms with E-state index >= 15 is 0 Å². The van der Waals surface area contributed by atoms with Gasteiger partial charge < -0.3 is 35.0 Å². The number of pyridine rings is 1. The number of amides is 2. The molecule has 0 radical (unpaired) electrons. The fourth-order valence-electron chi connectivity index (χ4n) is 5.39. The number of carbonyl (C=O) groups is 2. The SMILES string of the molecule is CCOCCOc1cn(C(=O)NC)cccc(N(C)c2ccnc(NC(=O)c3ccc(C4CCN(CCO)CC4)cc3)c2)cc1C. The Morgan fingerprint density at radius 1 is 1.07 bits per heavy atom. The van der Waals surface area contributed by atoms with Crippen LogP contribution in [0.3, 0.4) is 0 Å². The van der Waals surface area contributed by atoms with Crippen molar-refractivity contribution in [3.05, 3.63) is 89.9 Å². The van der Waals surface area contributed by atoms with Crippen LogP contribution in [0.5, 0.6) is 5.75 Å². The topological polar surface area (TPSA) is 121 Å². The molecule has 3 heterocycles. The molecular weight excluding hydrogens is 584 g/mol. The second-order valence-electron chi connectivity index (χ2n) is 11.1. The molecule has 0 atom stereocenters. The highest BCUT2D eigenvalue weighted by Gasteiger charge is 2.20. The highest BCUT2D eigenvalue weighted by atomic mass is 16.5. The van der Waals surface area contributed by atoms with Crippen LogP contribution in [0, 0.1) is 6.92 Å². The van der Waals surface area contributed by atoms with Gasteiger partial charge in [-0.15, -0.1) is 0 Å². The van der Waals surface area contributed by atoms with Crippen LogP contribution >= 0.6 is 0 Å².